The van der Waals surface area contributed by atoms with Crippen molar-refractivity contribution in [1.29, 1.82) is 5.26 Å². The molecule has 1 saturated heterocycles. The molecule has 0 aromatic heterocycles. The van der Waals surface area contributed by atoms with Gasteiger partial charge in [0, 0.05) is 18.2 Å². The van der Waals surface area contributed by atoms with Crippen molar-refractivity contribution in [2.45, 2.75) is 6.42 Å². The van der Waals surface area contributed by atoms with Gasteiger partial charge in [-0.05, 0) is 24.6 Å². The minimum Gasteiger partial charge on any atom is -0.381 e. The van der Waals surface area contributed by atoms with Gasteiger partial charge in [-0.15, -0.1) is 0 Å². The Morgan fingerprint density at radius 2 is 2.47 bits per heavy atom. The third kappa shape index (κ3) is 4.36. The predicted octanol–water partition coefficient (Wildman–Crippen LogP) is 1.55. The zero-order chi connectivity index (χ0) is 13.5. The van der Waals surface area contributed by atoms with E-state index in [1.807, 2.05) is 6.07 Å². The van der Waals surface area contributed by atoms with Gasteiger partial charge in [-0.25, -0.2) is 0 Å². The Balaban J connectivity index is 1.72. The van der Waals surface area contributed by atoms with Crippen LogP contribution in [0.25, 0.3) is 0 Å². The fraction of sp³-hybridized carbons (Fsp3) is 0.429. The van der Waals surface area contributed by atoms with Crippen LogP contribution >= 0.6 is 0 Å². The van der Waals surface area contributed by atoms with Crippen molar-refractivity contribution in [2.24, 2.45) is 5.92 Å². The molecule has 0 aliphatic carbocycles. The number of amides is 1. The number of hydrogen-bond acceptors (Lipinski definition) is 4. The highest BCUT2D eigenvalue weighted by molar-refractivity contribution is 5.91. The molecule has 5 heteroatoms. The van der Waals surface area contributed by atoms with Gasteiger partial charge >= 0.3 is 0 Å². The Bertz CT molecular complexity index is 476. The van der Waals surface area contributed by atoms with Gasteiger partial charge in [0.05, 0.1) is 24.8 Å². The molecule has 1 atom stereocenters. The molecule has 19 heavy (non-hydrogen) atoms. The summed E-state index contributed by atoms with van der Waals surface area (Å²) in [5.74, 6) is 0.184. The van der Waals surface area contributed by atoms with Gasteiger partial charge in [0.1, 0.15) is 6.61 Å². The minimum absolute atomic E-state index is 0.0211. The van der Waals surface area contributed by atoms with Crippen molar-refractivity contribution in [1.82, 2.24) is 0 Å². The highest BCUT2D eigenvalue weighted by Gasteiger charge is 2.16. The fourth-order valence-electron chi connectivity index (χ4n) is 1.90. The van der Waals surface area contributed by atoms with E-state index in [1.54, 1.807) is 24.3 Å². The molecule has 5 nitrogen and oxygen atoms in total. The van der Waals surface area contributed by atoms with Crippen molar-refractivity contribution in [3.63, 3.8) is 0 Å². The maximum atomic E-state index is 11.6. The van der Waals surface area contributed by atoms with Crippen LogP contribution in [0, 0.1) is 17.2 Å². The van der Waals surface area contributed by atoms with Crippen molar-refractivity contribution in [3.05, 3.63) is 29.8 Å². The highest BCUT2D eigenvalue weighted by atomic mass is 16.5. The summed E-state index contributed by atoms with van der Waals surface area (Å²) >= 11 is 0. The largest absolute Gasteiger partial charge is 0.381 e. The molecule has 1 unspecified atom stereocenters. The first-order valence-corrected chi connectivity index (χ1v) is 6.23. The molecule has 1 aromatic carbocycles. The standard InChI is InChI=1S/C14H16N2O3/c15-7-11-2-1-3-13(6-11)16-14(17)10-19-9-12-4-5-18-8-12/h1-3,6,12H,4-5,8-10H2,(H,16,17). The molecule has 1 N–H and O–H groups in total. The zero-order valence-electron chi connectivity index (χ0n) is 10.6. The van der Waals surface area contributed by atoms with Crippen LogP contribution in [-0.4, -0.2) is 32.3 Å². The number of nitrogens with one attached hydrogen (secondary N) is 1. The summed E-state index contributed by atoms with van der Waals surface area (Å²) in [6, 6.07) is 8.81. The van der Waals surface area contributed by atoms with Gasteiger partial charge in [0.15, 0.2) is 0 Å². The monoisotopic (exact) mass is 260 g/mol. The van der Waals surface area contributed by atoms with Crippen molar-refractivity contribution >= 4 is 11.6 Å². The van der Waals surface area contributed by atoms with Gasteiger partial charge in [-0.1, -0.05) is 6.07 Å². The number of nitriles is 1. The number of anilines is 1. The topological polar surface area (TPSA) is 71.4 Å². The summed E-state index contributed by atoms with van der Waals surface area (Å²) in [6.45, 7) is 2.06. The van der Waals surface area contributed by atoms with Gasteiger partial charge in [-0.2, -0.15) is 5.26 Å². The molecule has 1 aliphatic rings. The summed E-state index contributed by atoms with van der Waals surface area (Å²) in [5.41, 5.74) is 1.12. The normalized spacial score (nSPS) is 17.9. The minimum atomic E-state index is -0.214. The number of rotatable bonds is 5. The summed E-state index contributed by atoms with van der Waals surface area (Å²) in [7, 11) is 0. The molecule has 1 amide bonds. The van der Waals surface area contributed by atoms with Crippen LogP contribution in [0.2, 0.25) is 0 Å². The lowest BCUT2D eigenvalue weighted by atomic mass is 10.1. The quantitative estimate of drug-likeness (QED) is 0.872. The number of hydrogen-bond donors (Lipinski definition) is 1. The average molecular weight is 260 g/mol. The molecule has 1 fully saturated rings. The third-order valence-corrected chi connectivity index (χ3v) is 2.89. The summed E-state index contributed by atoms with van der Waals surface area (Å²) in [4.78, 5) is 11.6. The molecule has 1 heterocycles. The Morgan fingerprint density at radius 1 is 1.58 bits per heavy atom. The Kier molecular flexibility index (Phi) is 4.90. The van der Waals surface area contributed by atoms with E-state index in [1.165, 1.54) is 0 Å². The van der Waals surface area contributed by atoms with Crippen LogP contribution in [0.5, 0.6) is 0 Å². The Morgan fingerprint density at radius 3 is 3.21 bits per heavy atom. The lowest BCUT2D eigenvalue weighted by Gasteiger charge is -2.09. The van der Waals surface area contributed by atoms with Crippen LogP contribution in [0.1, 0.15) is 12.0 Å². The van der Waals surface area contributed by atoms with E-state index in [4.69, 9.17) is 14.7 Å². The molecular formula is C14H16N2O3. The molecule has 0 saturated carbocycles. The Labute approximate surface area is 112 Å². The number of ether oxygens (including phenoxy) is 2. The molecule has 100 valence electrons. The van der Waals surface area contributed by atoms with Crippen LogP contribution in [-0.2, 0) is 14.3 Å². The van der Waals surface area contributed by atoms with E-state index in [2.05, 4.69) is 5.32 Å². The van der Waals surface area contributed by atoms with Crippen LogP contribution < -0.4 is 5.32 Å². The Hall–Kier alpha value is -1.90. The SMILES string of the molecule is N#Cc1cccc(NC(=O)COCC2CCOC2)c1. The average Bonchev–Trinajstić information content (AvgIpc) is 2.92. The second-order valence-electron chi connectivity index (χ2n) is 4.49. The zero-order valence-corrected chi connectivity index (χ0v) is 10.6. The molecule has 0 radical (unpaired) electrons. The van der Waals surface area contributed by atoms with Gasteiger partial charge in [0.25, 0.3) is 0 Å². The lowest BCUT2D eigenvalue weighted by molar-refractivity contribution is -0.121. The van der Waals surface area contributed by atoms with E-state index in [0.29, 0.717) is 30.4 Å². The molecule has 0 spiro atoms. The predicted molar refractivity (Wildman–Crippen MR) is 69.5 cm³/mol. The van der Waals surface area contributed by atoms with Crippen LogP contribution in [0.4, 0.5) is 5.69 Å². The molecule has 1 aliphatic heterocycles. The van der Waals surface area contributed by atoms with Gasteiger partial charge in [-0.3, -0.25) is 4.79 Å². The molecular weight excluding hydrogens is 244 g/mol. The summed E-state index contributed by atoms with van der Waals surface area (Å²) in [6.07, 6.45) is 0.992. The highest BCUT2D eigenvalue weighted by Crippen LogP contribution is 2.12. The third-order valence-electron chi connectivity index (χ3n) is 2.89. The molecule has 0 bridgehead atoms. The smallest absolute Gasteiger partial charge is 0.250 e. The van der Waals surface area contributed by atoms with E-state index in [-0.39, 0.29) is 12.5 Å². The van der Waals surface area contributed by atoms with Crippen molar-refractivity contribution in [2.75, 3.05) is 31.7 Å². The maximum absolute atomic E-state index is 11.6. The van der Waals surface area contributed by atoms with Crippen molar-refractivity contribution in [3.8, 4) is 6.07 Å². The van der Waals surface area contributed by atoms with E-state index < -0.39 is 0 Å². The van der Waals surface area contributed by atoms with Crippen LogP contribution in [0.3, 0.4) is 0 Å². The number of benzene rings is 1. The van der Waals surface area contributed by atoms with E-state index in [9.17, 15) is 4.79 Å². The molecule has 2 rings (SSSR count). The van der Waals surface area contributed by atoms with Gasteiger partial charge in [0.2, 0.25) is 5.91 Å². The second kappa shape index (κ2) is 6.88. The molecule has 1 aromatic rings. The first-order chi connectivity index (χ1) is 9.28. The number of nitrogens with zero attached hydrogens (tertiary/aromatic N) is 1. The fourth-order valence-corrected chi connectivity index (χ4v) is 1.90. The second-order valence-corrected chi connectivity index (χ2v) is 4.49. The van der Waals surface area contributed by atoms with Crippen LogP contribution in [0.15, 0.2) is 24.3 Å². The first kappa shape index (κ1) is 13.5. The van der Waals surface area contributed by atoms with E-state index in [0.717, 1.165) is 13.0 Å². The summed E-state index contributed by atoms with van der Waals surface area (Å²) < 4.78 is 10.6. The number of carbonyl (C=O) groups is 1. The number of carbonyl (C=O) groups excluding carboxylic acids is 1. The van der Waals surface area contributed by atoms with Crippen molar-refractivity contribution < 1.29 is 14.3 Å². The van der Waals surface area contributed by atoms with Gasteiger partial charge < -0.3 is 14.8 Å². The maximum Gasteiger partial charge on any atom is 0.250 e. The first-order valence-electron chi connectivity index (χ1n) is 6.23. The van der Waals surface area contributed by atoms with E-state index >= 15 is 0 Å². The lowest BCUT2D eigenvalue weighted by Crippen LogP contribution is -2.21. The summed E-state index contributed by atoms with van der Waals surface area (Å²) in [5, 5.41) is 11.5.